The summed E-state index contributed by atoms with van der Waals surface area (Å²) in [6, 6.07) is 5.20. The van der Waals surface area contributed by atoms with Gasteiger partial charge in [-0.15, -0.1) is 0 Å². The molecule has 0 unspecified atom stereocenters. The molecule has 0 spiro atoms. The van der Waals surface area contributed by atoms with Crippen molar-refractivity contribution in [1.29, 1.82) is 0 Å². The molecule has 0 bridgehead atoms. The third-order valence-corrected chi connectivity index (χ3v) is 3.42. The van der Waals surface area contributed by atoms with Gasteiger partial charge in [0.1, 0.15) is 0 Å². The molecule has 2 nitrogen and oxygen atoms in total. The van der Waals surface area contributed by atoms with E-state index in [1.54, 1.807) is 12.1 Å². The van der Waals surface area contributed by atoms with E-state index in [-0.39, 0.29) is 4.90 Å². The third kappa shape index (κ3) is 2.72. The molecule has 0 amide bonds. The van der Waals surface area contributed by atoms with Crippen LogP contribution in [0.2, 0.25) is 0 Å². The summed E-state index contributed by atoms with van der Waals surface area (Å²) >= 11 is 0. The Hall–Kier alpha value is -0.540. The highest BCUT2D eigenvalue weighted by Gasteiger charge is 2.14. The van der Waals surface area contributed by atoms with Crippen LogP contribution in [0.4, 0.5) is 0 Å². The summed E-state index contributed by atoms with van der Waals surface area (Å²) in [6.45, 7) is 3.94. The molecule has 0 aliphatic rings. The second-order valence-electron chi connectivity index (χ2n) is 3.30. The van der Waals surface area contributed by atoms with Gasteiger partial charge in [-0.1, -0.05) is 31.0 Å². The molecule has 14 heavy (non-hydrogen) atoms. The summed E-state index contributed by atoms with van der Waals surface area (Å²) in [5, 5.41) is 0. The number of aryl methyl sites for hydroxylation is 2. The second-order valence-corrected chi connectivity index (χ2v) is 5.83. The van der Waals surface area contributed by atoms with Gasteiger partial charge in [-0.2, -0.15) is 0 Å². The van der Waals surface area contributed by atoms with Gasteiger partial charge < -0.3 is 0 Å². The van der Waals surface area contributed by atoms with Gasteiger partial charge in [-0.05, 0) is 25.0 Å². The molecule has 4 heteroatoms. The maximum Gasteiger partial charge on any atom is 0.261 e. The van der Waals surface area contributed by atoms with Crippen LogP contribution in [0.15, 0.2) is 23.1 Å². The van der Waals surface area contributed by atoms with Gasteiger partial charge in [0, 0.05) is 10.7 Å². The van der Waals surface area contributed by atoms with Crippen LogP contribution in [-0.2, 0) is 15.5 Å². The van der Waals surface area contributed by atoms with Crippen LogP contribution in [0.3, 0.4) is 0 Å². The Kier molecular flexibility index (Phi) is 3.56. The lowest BCUT2D eigenvalue weighted by Gasteiger charge is -2.06. The van der Waals surface area contributed by atoms with Crippen molar-refractivity contribution in [2.75, 3.05) is 0 Å². The summed E-state index contributed by atoms with van der Waals surface area (Å²) in [7, 11) is 1.72. The van der Waals surface area contributed by atoms with E-state index in [0.29, 0.717) is 0 Å². The van der Waals surface area contributed by atoms with Crippen LogP contribution >= 0.6 is 10.7 Å². The van der Waals surface area contributed by atoms with Crippen molar-refractivity contribution < 1.29 is 8.42 Å². The van der Waals surface area contributed by atoms with E-state index in [4.69, 9.17) is 10.7 Å². The quantitative estimate of drug-likeness (QED) is 0.751. The van der Waals surface area contributed by atoms with Crippen molar-refractivity contribution in [3.8, 4) is 0 Å². The van der Waals surface area contributed by atoms with Crippen molar-refractivity contribution in [3.63, 3.8) is 0 Å². The molecule has 0 aliphatic heterocycles. The molecule has 78 valence electrons. The number of halogens is 1. The molecule has 1 aromatic carbocycles. The molecule has 0 N–H and O–H groups in total. The van der Waals surface area contributed by atoms with Gasteiger partial charge in [0.25, 0.3) is 9.05 Å². The first-order valence-corrected chi connectivity index (χ1v) is 6.80. The molecule has 0 saturated carbocycles. The van der Waals surface area contributed by atoms with Gasteiger partial charge in [0.05, 0.1) is 4.90 Å². The van der Waals surface area contributed by atoms with E-state index in [0.717, 1.165) is 24.0 Å². The smallest absolute Gasteiger partial charge is 0.207 e. The van der Waals surface area contributed by atoms with Crippen LogP contribution < -0.4 is 0 Å². The monoisotopic (exact) mass is 232 g/mol. The molecule has 1 rings (SSSR count). The van der Waals surface area contributed by atoms with Crippen molar-refractivity contribution in [2.45, 2.75) is 31.6 Å². The summed E-state index contributed by atoms with van der Waals surface area (Å²) in [6.07, 6.45) is 1.64. The Bertz CT molecular complexity index is 424. The summed E-state index contributed by atoms with van der Waals surface area (Å²) in [5.74, 6) is 0. The fourth-order valence-electron chi connectivity index (χ4n) is 1.41. The predicted molar refractivity (Wildman–Crippen MR) is 58.2 cm³/mol. The molecule has 0 aromatic heterocycles. The highest BCUT2D eigenvalue weighted by Crippen LogP contribution is 2.22. The molecule has 0 atom stereocenters. The van der Waals surface area contributed by atoms with Crippen molar-refractivity contribution in [3.05, 3.63) is 29.3 Å². The summed E-state index contributed by atoms with van der Waals surface area (Å²) < 4.78 is 22.4. The van der Waals surface area contributed by atoms with E-state index < -0.39 is 9.05 Å². The van der Waals surface area contributed by atoms with Crippen LogP contribution in [-0.4, -0.2) is 8.42 Å². The maximum absolute atomic E-state index is 11.2. The maximum atomic E-state index is 11.2. The molecule has 1 aromatic rings. The Labute approximate surface area is 89.3 Å². The van der Waals surface area contributed by atoms with Crippen LogP contribution in [0.25, 0.3) is 0 Å². The molecule has 0 saturated heterocycles. The number of benzene rings is 1. The number of rotatable bonds is 3. The Balaban J connectivity index is 3.29. The second kappa shape index (κ2) is 4.32. The van der Waals surface area contributed by atoms with Crippen molar-refractivity contribution in [2.24, 2.45) is 0 Å². The van der Waals surface area contributed by atoms with Crippen LogP contribution in [0, 0.1) is 6.92 Å². The first kappa shape index (κ1) is 11.5. The number of hydrogen-bond donors (Lipinski definition) is 0. The minimum absolute atomic E-state index is 0.242. The first-order chi connectivity index (χ1) is 6.45. The molecule has 0 radical (unpaired) electrons. The lowest BCUT2D eigenvalue weighted by atomic mass is 10.1. The number of hydrogen-bond acceptors (Lipinski definition) is 2. The SMILES string of the molecule is CCCc1cc(C)ccc1S(=O)(=O)Cl. The summed E-state index contributed by atoms with van der Waals surface area (Å²) in [4.78, 5) is 0.242. The van der Waals surface area contributed by atoms with E-state index in [2.05, 4.69) is 0 Å². The molecular formula is C10H13ClO2S. The van der Waals surface area contributed by atoms with Gasteiger partial charge in [-0.25, -0.2) is 8.42 Å². The lowest BCUT2D eigenvalue weighted by Crippen LogP contribution is -1.98. The molecule has 0 aliphatic carbocycles. The minimum atomic E-state index is -3.60. The highest BCUT2D eigenvalue weighted by molar-refractivity contribution is 8.13. The van der Waals surface area contributed by atoms with Crippen molar-refractivity contribution in [1.82, 2.24) is 0 Å². The average Bonchev–Trinajstić information content (AvgIpc) is 2.02. The van der Waals surface area contributed by atoms with Gasteiger partial charge in [0.15, 0.2) is 0 Å². The lowest BCUT2D eigenvalue weighted by molar-refractivity contribution is 0.608. The third-order valence-electron chi connectivity index (χ3n) is 2.00. The molecular weight excluding hydrogens is 220 g/mol. The fraction of sp³-hybridized carbons (Fsp3) is 0.400. The Morgan fingerprint density at radius 1 is 1.36 bits per heavy atom. The minimum Gasteiger partial charge on any atom is -0.207 e. The fourth-order valence-corrected chi connectivity index (χ4v) is 2.57. The highest BCUT2D eigenvalue weighted by atomic mass is 35.7. The molecule has 0 heterocycles. The average molecular weight is 233 g/mol. The van der Waals surface area contributed by atoms with Crippen LogP contribution in [0.1, 0.15) is 24.5 Å². The first-order valence-electron chi connectivity index (χ1n) is 4.49. The van der Waals surface area contributed by atoms with Crippen molar-refractivity contribution >= 4 is 19.7 Å². The standard InChI is InChI=1S/C10H13ClO2S/c1-3-4-9-7-8(2)5-6-10(9)14(11,12)13/h5-7H,3-4H2,1-2H3. The largest absolute Gasteiger partial charge is 0.261 e. The van der Waals surface area contributed by atoms with E-state index in [1.807, 2.05) is 19.9 Å². The van der Waals surface area contributed by atoms with Gasteiger partial charge >= 0.3 is 0 Å². The van der Waals surface area contributed by atoms with E-state index >= 15 is 0 Å². The predicted octanol–water partition coefficient (Wildman–Crippen LogP) is 2.88. The normalized spacial score (nSPS) is 11.6. The van der Waals surface area contributed by atoms with E-state index in [9.17, 15) is 8.42 Å². The zero-order valence-electron chi connectivity index (χ0n) is 8.25. The zero-order chi connectivity index (χ0) is 10.8. The summed E-state index contributed by atoms with van der Waals surface area (Å²) in [5.41, 5.74) is 1.86. The van der Waals surface area contributed by atoms with Crippen LogP contribution in [0.5, 0.6) is 0 Å². The molecule has 0 fully saturated rings. The Morgan fingerprint density at radius 2 is 2.00 bits per heavy atom. The van der Waals surface area contributed by atoms with E-state index in [1.165, 1.54) is 0 Å². The zero-order valence-corrected chi connectivity index (χ0v) is 9.82. The van der Waals surface area contributed by atoms with Gasteiger partial charge in [-0.3, -0.25) is 0 Å². The Morgan fingerprint density at radius 3 is 2.50 bits per heavy atom. The topological polar surface area (TPSA) is 34.1 Å². The van der Waals surface area contributed by atoms with Gasteiger partial charge in [0.2, 0.25) is 0 Å².